The molecule has 76 heavy (non-hydrogen) atoms. The van der Waals surface area contributed by atoms with Crippen molar-refractivity contribution < 1.29 is 8.83 Å². The first kappa shape index (κ1) is 42.8. The number of para-hydroxylation sites is 6. The van der Waals surface area contributed by atoms with E-state index in [4.69, 9.17) is 8.83 Å². The molecule has 0 fully saturated rings. The highest BCUT2D eigenvalue weighted by Gasteiger charge is 2.28. The highest BCUT2D eigenvalue weighted by molar-refractivity contribution is 6.23. The lowest BCUT2D eigenvalue weighted by Gasteiger charge is -2.26. The van der Waals surface area contributed by atoms with Crippen molar-refractivity contribution in [2.45, 2.75) is 0 Å². The molecule has 0 spiro atoms. The maximum atomic E-state index is 11.6. The maximum Gasteiger partial charge on any atom is 0.136 e. The molecule has 0 unspecified atom stereocenters. The molecule has 8 heteroatoms. The van der Waals surface area contributed by atoms with E-state index in [1.54, 1.807) is 0 Å². The lowest BCUT2D eigenvalue weighted by atomic mass is 10.1. The van der Waals surface area contributed by atoms with E-state index in [9.17, 15) is 10.5 Å². The summed E-state index contributed by atoms with van der Waals surface area (Å²) in [5.74, 6) is 0. The predicted octanol–water partition coefficient (Wildman–Crippen LogP) is 18.4. The van der Waals surface area contributed by atoms with Gasteiger partial charge in [-0.25, -0.2) is 0 Å². The molecular formula is C68H40N6O2. The van der Waals surface area contributed by atoms with Gasteiger partial charge in [-0.2, -0.15) is 10.5 Å². The van der Waals surface area contributed by atoms with Gasteiger partial charge in [0.25, 0.3) is 0 Å². The first-order valence-corrected chi connectivity index (χ1v) is 25.2. The monoisotopic (exact) mass is 972 g/mol. The third-order valence-corrected chi connectivity index (χ3v) is 14.9. The van der Waals surface area contributed by atoms with Crippen molar-refractivity contribution in [3.05, 3.63) is 254 Å². The molecule has 0 saturated heterocycles. The van der Waals surface area contributed by atoms with E-state index in [0.29, 0.717) is 22.5 Å². The summed E-state index contributed by atoms with van der Waals surface area (Å²) in [6.07, 6.45) is 0. The van der Waals surface area contributed by atoms with Crippen molar-refractivity contribution in [3.63, 3.8) is 0 Å². The third-order valence-electron chi connectivity index (χ3n) is 14.9. The number of benzene rings is 11. The Kier molecular flexibility index (Phi) is 9.52. The second-order valence-electron chi connectivity index (χ2n) is 19.1. The van der Waals surface area contributed by atoms with Crippen LogP contribution in [0.5, 0.6) is 0 Å². The van der Waals surface area contributed by atoms with Crippen LogP contribution in [0.25, 0.3) is 98.9 Å². The standard InChI is InChI=1S/C68H40N6O2/c69-41-43-36-60(74-58-32-18-30-56(72(47-23-9-3-10-24-47)48-25-11-4-12-26-48)68(58)54-40-66-52(38-62(54)74)50-28-14-16-34-64(50)76-66)44(42-70)35-59(43)73-57-31-17-29-55(71(45-19-5-1-6-20-45)46-21-7-2-8-22-46)67(57)53-39-65-51(37-61(53)73)49-27-13-15-33-63(49)75-65/h1-40H. The van der Waals surface area contributed by atoms with Gasteiger partial charge in [-0.3, -0.25) is 0 Å². The van der Waals surface area contributed by atoms with Crippen LogP contribution in [0.2, 0.25) is 0 Å². The summed E-state index contributed by atoms with van der Waals surface area (Å²) < 4.78 is 17.5. The second kappa shape index (κ2) is 16.9. The summed E-state index contributed by atoms with van der Waals surface area (Å²) in [5.41, 5.74) is 14.4. The van der Waals surface area contributed by atoms with E-state index in [2.05, 4.69) is 201 Å². The van der Waals surface area contributed by atoms with Crippen molar-refractivity contribution in [3.8, 4) is 23.5 Å². The minimum atomic E-state index is 0.398. The largest absolute Gasteiger partial charge is 0.456 e. The number of nitrogens with zero attached hydrogens (tertiary/aromatic N) is 6. The van der Waals surface area contributed by atoms with Crippen LogP contribution in [-0.4, -0.2) is 9.13 Å². The quantitative estimate of drug-likeness (QED) is 0.151. The van der Waals surface area contributed by atoms with Crippen molar-refractivity contribution in [2.24, 2.45) is 0 Å². The number of rotatable bonds is 8. The topological polar surface area (TPSA) is 90.2 Å². The number of nitriles is 2. The zero-order valence-corrected chi connectivity index (χ0v) is 40.6. The number of aromatic nitrogens is 2. The Hall–Kier alpha value is -10.8. The van der Waals surface area contributed by atoms with E-state index in [1.807, 2.05) is 72.8 Å². The maximum absolute atomic E-state index is 11.6. The van der Waals surface area contributed by atoms with Crippen molar-refractivity contribution >= 4 is 122 Å². The average Bonchev–Trinajstić information content (AvgIpc) is 4.22. The fraction of sp³-hybridized carbons (Fsp3) is 0. The normalized spacial score (nSPS) is 11.7. The molecule has 0 N–H and O–H groups in total. The Balaban J connectivity index is 1.04. The molecule has 0 aliphatic heterocycles. The molecule has 8 nitrogen and oxygen atoms in total. The molecule has 0 amide bonds. The van der Waals surface area contributed by atoms with Gasteiger partial charge >= 0.3 is 0 Å². The summed E-state index contributed by atoms with van der Waals surface area (Å²) in [7, 11) is 0. The summed E-state index contributed by atoms with van der Waals surface area (Å²) in [6.45, 7) is 0. The number of furan rings is 2. The Morgan fingerprint density at radius 2 is 0.658 bits per heavy atom. The minimum Gasteiger partial charge on any atom is -0.456 e. The van der Waals surface area contributed by atoms with E-state index in [-0.39, 0.29) is 0 Å². The van der Waals surface area contributed by atoms with Gasteiger partial charge in [0.15, 0.2) is 0 Å². The van der Waals surface area contributed by atoms with Crippen LogP contribution in [0, 0.1) is 22.7 Å². The Bertz CT molecular complexity index is 4510. The van der Waals surface area contributed by atoms with Crippen LogP contribution in [0.1, 0.15) is 11.1 Å². The zero-order valence-electron chi connectivity index (χ0n) is 40.6. The fourth-order valence-electron chi connectivity index (χ4n) is 11.7. The summed E-state index contributed by atoms with van der Waals surface area (Å²) in [4.78, 5) is 4.55. The molecule has 0 aliphatic rings. The molecule has 0 saturated carbocycles. The van der Waals surface area contributed by atoms with Crippen LogP contribution < -0.4 is 9.80 Å². The highest BCUT2D eigenvalue weighted by atomic mass is 16.3. The second-order valence-corrected chi connectivity index (χ2v) is 19.1. The van der Waals surface area contributed by atoms with Gasteiger partial charge in [-0.1, -0.05) is 121 Å². The summed E-state index contributed by atoms with van der Waals surface area (Å²) >= 11 is 0. The molecule has 15 rings (SSSR count). The molecule has 15 aromatic rings. The van der Waals surface area contributed by atoms with Crippen molar-refractivity contribution in [2.75, 3.05) is 9.80 Å². The van der Waals surface area contributed by atoms with Crippen molar-refractivity contribution in [1.29, 1.82) is 10.5 Å². The van der Waals surface area contributed by atoms with Crippen LogP contribution >= 0.6 is 0 Å². The molecule has 4 aromatic heterocycles. The minimum absolute atomic E-state index is 0.398. The highest BCUT2D eigenvalue weighted by Crippen LogP contribution is 2.49. The van der Waals surface area contributed by atoms with Crippen LogP contribution in [0.4, 0.5) is 34.1 Å². The molecule has 0 aliphatic carbocycles. The van der Waals surface area contributed by atoms with Gasteiger partial charge in [-0.05, 0) is 121 Å². The molecule has 0 bridgehead atoms. The third kappa shape index (κ3) is 6.42. The van der Waals surface area contributed by atoms with Crippen LogP contribution in [0.15, 0.2) is 251 Å². The van der Waals surface area contributed by atoms with Gasteiger partial charge in [0.1, 0.15) is 34.5 Å². The van der Waals surface area contributed by atoms with Gasteiger partial charge in [0.05, 0.1) is 55.9 Å². The van der Waals surface area contributed by atoms with E-state index in [0.717, 1.165) is 122 Å². The summed E-state index contributed by atoms with van der Waals surface area (Å²) in [6, 6.07) is 88.0. The zero-order chi connectivity index (χ0) is 50.4. The van der Waals surface area contributed by atoms with E-state index < -0.39 is 0 Å². The number of hydrogen-bond donors (Lipinski definition) is 0. The lowest BCUT2D eigenvalue weighted by Crippen LogP contribution is -2.10. The average molecular weight is 973 g/mol. The number of hydrogen-bond acceptors (Lipinski definition) is 6. The van der Waals surface area contributed by atoms with E-state index >= 15 is 0 Å². The van der Waals surface area contributed by atoms with Gasteiger partial charge in [0, 0.05) is 65.8 Å². The smallest absolute Gasteiger partial charge is 0.136 e. The fourth-order valence-corrected chi connectivity index (χ4v) is 11.7. The Morgan fingerprint density at radius 3 is 1.03 bits per heavy atom. The van der Waals surface area contributed by atoms with E-state index in [1.165, 1.54) is 0 Å². The molecule has 354 valence electrons. The molecule has 0 radical (unpaired) electrons. The van der Waals surface area contributed by atoms with Crippen molar-refractivity contribution in [1.82, 2.24) is 9.13 Å². The Labute approximate surface area is 435 Å². The van der Waals surface area contributed by atoms with Gasteiger partial charge in [-0.15, -0.1) is 0 Å². The first-order chi connectivity index (χ1) is 37.6. The molecular weight excluding hydrogens is 933 g/mol. The lowest BCUT2D eigenvalue weighted by molar-refractivity contribution is 0.669. The van der Waals surface area contributed by atoms with Crippen LogP contribution in [-0.2, 0) is 0 Å². The van der Waals surface area contributed by atoms with Gasteiger partial charge in [0.2, 0.25) is 0 Å². The SMILES string of the molecule is N#Cc1cc(-n2c3cc4c(cc3c3c(N(c5ccccc5)c5ccccc5)cccc32)oc2ccccc24)c(C#N)cc1-n1c2cc3c(cc2c2c(N(c4ccccc4)c4ccccc4)cccc21)oc1ccccc13. The van der Waals surface area contributed by atoms with Gasteiger partial charge < -0.3 is 27.8 Å². The Morgan fingerprint density at radius 1 is 0.303 bits per heavy atom. The summed E-state index contributed by atoms with van der Waals surface area (Å²) in [5, 5.41) is 30.9. The van der Waals surface area contributed by atoms with Crippen LogP contribution in [0.3, 0.4) is 0 Å². The molecule has 0 atom stereocenters. The molecule has 4 heterocycles. The number of anilines is 6. The molecule has 11 aromatic carbocycles. The predicted molar refractivity (Wildman–Crippen MR) is 308 cm³/mol. The number of fused-ring (bicyclic) bond motifs is 12. The first-order valence-electron chi connectivity index (χ1n) is 25.2.